The Morgan fingerprint density at radius 2 is 1.68 bits per heavy atom. The largest absolute Gasteiger partial charge is 0.364 e. The number of primary amides is 1. The number of halogens is 2. The Hall–Kier alpha value is -2.36. The van der Waals surface area contributed by atoms with E-state index in [4.69, 9.17) is 0 Å². The maximum absolute atomic E-state index is 13.7. The second kappa shape index (κ2) is 9.33. The Bertz CT molecular complexity index is 1230. The van der Waals surface area contributed by atoms with Gasteiger partial charge in [-0.15, -0.1) is 0 Å². The average molecular weight is 557 g/mol. The van der Waals surface area contributed by atoms with Crippen LogP contribution in [0.2, 0.25) is 0 Å². The summed E-state index contributed by atoms with van der Waals surface area (Å²) in [5.74, 6) is -3.54. The summed E-state index contributed by atoms with van der Waals surface area (Å²) < 4.78 is 22.7. The lowest BCUT2D eigenvalue weighted by atomic mass is 9.36. The lowest BCUT2D eigenvalue weighted by molar-refractivity contribution is -0.164. The number of fused-ring (bicyclic) bond motifs is 7. The summed E-state index contributed by atoms with van der Waals surface area (Å²) in [4.78, 5) is 36.0. The van der Waals surface area contributed by atoms with Crippen LogP contribution in [0.25, 0.3) is 0 Å². The highest BCUT2D eigenvalue weighted by Gasteiger charge is 2.66. The van der Waals surface area contributed by atoms with Crippen molar-refractivity contribution >= 4 is 17.5 Å². The molecule has 3 saturated carbocycles. The molecule has 0 unspecified atom stereocenters. The van der Waals surface area contributed by atoms with Crippen molar-refractivity contribution in [1.29, 1.82) is 5.26 Å². The third kappa shape index (κ3) is 4.31. The number of Topliss-reactive ketones (excluding diaryl/α,β-unsaturated/α-hetero) is 2. The third-order valence-electron chi connectivity index (χ3n) is 12.2. The van der Waals surface area contributed by atoms with E-state index in [1.807, 2.05) is 13.8 Å². The van der Waals surface area contributed by atoms with Crippen LogP contribution in [-0.2, 0) is 14.4 Å². The molecule has 5 aliphatic rings. The lowest BCUT2D eigenvalue weighted by Gasteiger charge is -2.68. The number of nitrogens with two attached hydrogens (primary N) is 1. The summed E-state index contributed by atoms with van der Waals surface area (Å²) in [6.07, 6.45) is 11.6. The van der Waals surface area contributed by atoms with Gasteiger partial charge in [0.25, 0.3) is 5.91 Å². The molecule has 3 fully saturated rings. The number of rotatable bonds is 1. The fraction of sp³-hybridized carbons (Fsp3) is 0.758. The molecule has 220 valence electrons. The zero-order valence-electron chi connectivity index (χ0n) is 25.4. The minimum Gasteiger partial charge on any atom is -0.364 e. The van der Waals surface area contributed by atoms with Crippen LogP contribution in [0.3, 0.4) is 0 Å². The molecule has 5 nitrogen and oxygen atoms in total. The van der Waals surface area contributed by atoms with Crippen LogP contribution in [0, 0.1) is 62.1 Å². The van der Waals surface area contributed by atoms with Gasteiger partial charge in [-0.05, 0) is 86.4 Å². The van der Waals surface area contributed by atoms with Crippen molar-refractivity contribution in [3.05, 3.63) is 23.3 Å². The second-order valence-corrected chi connectivity index (χ2v) is 15.2. The molecule has 0 radical (unpaired) electrons. The molecular formula is C33H46F2N2O3. The van der Waals surface area contributed by atoms with Gasteiger partial charge >= 0.3 is 5.92 Å². The van der Waals surface area contributed by atoms with E-state index < -0.39 is 17.2 Å². The van der Waals surface area contributed by atoms with Crippen molar-refractivity contribution < 1.29 is 23.2 Å². The Morgan fingerprint density at radius 3 is 2.23 bits per heavy atom. The minimum atomic E-state index is -3.36. The van der Waals surface area contributed by atoms with Gasteiger partial charge in [-0.25, -0.2) is 0 Å². The summed E-state index contributed by atoms with van der Waals surface area (Å²) >= 11 is 0. The van der Waals surface area contributed by atoms with Crippen LogP contribution < -0.4 is 5.73 Å². The van der Waals surface area contributed by atoms with E-state index in [1.54, 1.807) is 0 Å². The molecule has 5 rings (SSSR count). The fourth-order valence-electron chi connectivity index (χ4n) is 9.75. The number of nitrogens with zero attached hydrogens (tertiary/aromatic N) is 1. The number of allylic oxidation sites excluding steroid dienone is 4. The quantitative estimate of drug-likeness (QED) is 0.279. The number of hydrogen-bond acceptors (Lipinski definition) is 4. The molecule has 0 aromatic carbocycles. The number of hydrogen-bond donors (Lipinski definition) is 1. The highest BCUT2D eigenvalue weighted by atomic mass is 19.3. The molecule has 1 amide bonds. The molecule has 0 saturated heterocycles. The molecule has 0 bridgehead atoms. The van der Waals surface area contributed by atoms with E-state index in [9.17, 15) is 28.4 Å². The van der Waals surface area contributed by atoms with Gasteiger partial charge in [0.05, 0.1) is 11.5 Å². The van der Waals surface area contributed by atoms with E-state index in [0.717, 1.165) is 37.7 Å². The molecule has 0 aliphatic heterocycles. The Kier molecular flexibility index (Phi) is 7.13. The van der Waals surface area contributed by atoms with Crippen molar-refractivity contribution in [3.8, 4) is 6.07 Å². The predicted molar refractivity (Wildman–Crippen MR) is 150 cm³/mol. The minimum absolute atomic E-state index is 0.00427. The van der Waals surface area contributed by atoms with E-state index in [0.29, 0.717) is 25.2 Å². The molecular weight excluding hydrogens is 510 g/mol. The van der Waals surface area contributed by atoms with Gasteiger partial charge in [0.15, 0.2) is 0 Å². The first kappa shape index (κ1) is 30.6. The Labute approximate surface area is 238 Å². The van der Waals surface area contributed by atoms with Gasteiger partial charge in [0.2, 0.25) is 0 Å². The molecule has 7 atom stereocenters. The topological polar surface area (TPSA) is 101 Å². The summed E-state index contributed by atoms with van der Waals surface area (Å²) in [5, 5.41) is 9.85. The molecule has 0 spiro atoms. The van der Waals surface area contributed by atoms with Crippen molar-refractivity contribution in [2.75, 3.05) is 0 Å². The van der Waals surface area contributed by atoms with Gasteiger partial charge in [0, 0.05) is 30.3 Å². The lowest BCUT2D eigenvalue weighted by Crippen LogP contribution is -2.62. The SMILES string of the molecule is CC(F)(F)C(N)=O.CC1(C)C(=O)C[C@@H]2CC[C@]3(C)[C@H](CC=C4[C@@]5(C)C=C(C#N)CC(C)(C)[C@H]5CC[C@]43C)[C@H]2C1=O. The molecule has 0 heterocycles. The zero-order valence-corrected chi connectivity index (χ0v) is 25.4. The molecule has 5 aliphatic carbocycles. The van der Waals surface area contributed by atoms with Crippen LogP contribution >= 0.6 is 0 Å². The molecule has 7 heteroatoms. The van der Waals surface area contributed by atoms with Crippen LogP contribution in [0.1, 0.15) is 100 Å². The first-order valence-corrected chi connectivity index (χ1v) is 14.7. The predicted octanol–water partition coefficient (Wildman–Crippen LogP) is 6.96. The van der Waals surface area contributed by atoms with Crippen LogP contribution in [0.4, 0.5) is 8.78 Å². The monoisotopic (exact) mass is 556 g/mol. The Balaban J connectivity index is 0.000000470. The van der Waals surface area contributed by atoms with E-state index in [-0.39, 0.29) is 45.1 Å². The number of carbonyl (C=O) groups is 3. The summed E-state index contributed by atoms with van der Waals surface area (Å²) in [5.41, 5.74) is 5.87. The van der Waals surface area contributed by atoms with Gasteiger partial charge in [-0.2, -0.15) is 14.0 Å². The van der Waals surface area contributed by atoms with Gasteiger partial charge in [0.1, 0.15) is 11.6 Å². The molecule has 2 N–H and O–H groups in total. The van der Waals surface area contributed by atoms with Crippen molar-refractivity contribution in [2.45, 2.75) is 106 Å². The Morgan fingerprint density at radius 1 is 1.07 bits per heavy atom. The third-order valence-corrected chi connectivity index (χ3v) is 12.2. The van der Waals surface area contributed by atoms with Crippen LogP contribution in [0.15, 0.2) is 23.3 Å². The van der Waals surface area contributed by atoms with Crippen LogP contribution in [-0.4, -0.2) is 23.4 Å². The van der Waals surface area contributed by atoms with Crippen molar-refractivity contribution in [1.82, 2.24) is 0 Å². The van der Waals surface area contributed by atoms with Crippen molar-refractivity contribution in [3.63, 3.8) is 0 Å². The highest BCUT2D eigenvalue weighted by molar-refractivity contribution is 6.09. The van der Waals surface area contributed by atoms with Crippen molar-refractivity contribution in [2.24, 2.45) is 56.5 Å². The summed E-state index contributed by atoms with van der Waals surface area (Å²) in [6, 6.07) is 2.51. The van der Waals surface area contributed by atoms with E-state index in [2.05, 4.69) is 58.6 Å². The average Bonchev–Trinajstić information content (AvgIpc) is 2.82. The molecule has 0 aromatic heterocycles. The smallest absolute Gasteiger partial charge is 0.321 e. The van der Waals surface area contributed by atoms with Gasteiger partial charge in [-0.1, -0.05) is 52.3 Å². The number of amides is 1. The number of alkyl halides is 2. The zero-order chi connectivity index (χ0) is 30.3. The van der Waals surface area contributed by atoms with Gasteiger partial charge < -0.3 is 5.73 Å². The van der Waals surface area contributed by atoms with E-state index >= 15 is 0 Å². The fourth-order valence-corrected chi connectivity index (χ4v) is 9.75. The number of carbonyl (C=O) groups excluding carboxylic acids is 3. The van der Waals surface area contributed by atoms with Gasteiger partial charge in [-0.3, -0.25) is 14.4 Å². The van der Waals surface area contributed by atoms with Crippen LogP contribution in [0.5, 0.6) is 0 Å². The number of ketones is 2. The van der Waals surface area contributed by atoms with E-state index in [1.165, 1.54) is 12.0 Å². The maximum atomic E-state index is 13.7. The first-order chi connectivity index (χ1) is 18.2. The summed E-state index contributed by atoms with van der Waals surface area (Å²) in [7, 11) is 0. The first-order valence-electron chi connectivity index (χ1n) is 14.7. The maximum Gasteiger partial charge on any atom is 0.321 e. The normalized spacial score (nSPS) is 41.3. The summed E-state index contributed by atoms with van der Waals surface area (Å²) in [6.45, 7) is 16.2. The second-order valence-electron chi connectivity index (χ2n) is 15.2. The highest BCUT2D eigenvalue weighted by Crippen LogP contribution is 2.73. The number of nitriles is 1. The standard InChI is InChI=1S/C30H41NO2.C3H5F2NO/c1-26(2)15-18(17-31)16-28(5)21(26)11-13-30(7)22(28)9-8-20-24-19(10-12-29(20,30)6)14-23(32)27(3,4)25(24)33;1-3(4,5)2(6)7/h9,16,19-21,24H,8,10-15H2,1-7H3;1H3,(H2,6,7)/t19-,20+,21+,24-,28-,29+,30+;/m0./s1. The molecule has 40 heavy (non-hydrogen) atoms. The molecule has 0 aromatic rings.